The molecule has 0 aromatic heterocycles. The Morgan fingerprint density at radius 3 is 2.16 bits per heavy atom. The van der Waals surface area contributed by atoms with E-state index in [9.17, 15) is 0 Å². The van der Waals surface area contributed by atoms with Gasteiger partial charge in [-0.1, -0.05) is 0 Å². The summed E-state index contributed by atoms with van der Waals surface area (Å²) >= 11 is 0. The highest BCUT2D eigenvalue weighted by Crippen LogP contribution is 2.25. The van der Waals surface area contributed by atoms with Crippen LogP contribution in [0.25, 0.3) is 0 Å². The van der Waals surface area contributed by atoms with Gasteiger partial charge in [0, 0.05) is 27.9 Å². The third-order valence-corrected chi connectivity index (χ3v) is 3.83. The summed E-state index contributed by atoms with van der Waals surface area (Å²) < 4.78 is 44.4. The summed E-state index contributed by atoms with van der Waals surface area (Å²) in [6, 6.07) is 0. The molecule has 0 spiro atoms. The summed E-state index contributed by atoms with van der Waals surface area (Å²) in [5, 5.41) is 0. The van der Waals surface area contributed by atoms with Crippen molar-refractivity contribution in [1.29, 1.82) is 0 Å². The Hall–Kier alpha value is -0.320. The van der Waals surface area contributed by atoms with E-state index in [1.165, 1.54) is 0 Å². The number of rotatable bonds is 16. The first-order valence-electron chi connectivity index (χ1n) is 8.79. The van der Waals surface area contributed by atoms with Gasteiger partial charge in [0.1, 0.15) is 24.4 Å². The van der Waals surface area contributed by atoms with Crippen molar-refractivity contribution in [2.24, 2.45) is 0 Å². The Morgan fingerprint density at radius 1 is 0.880 bits per heavy atom. The van der Waals surface area contributed by atoms with Crippen LogP contribution in [0, 0.1) is 0 Å². The van der Waals surface area contributed by atoms with E-state index in [0.29, 0.717) is 59.5 Å². The fourth-order valence-electron chi connectivity index (χ4n) is 2.58. The molecular weight excluding hydrogens is 332 g/mol. The van der Waals surface area contributed by atoms with Gasteiger partial charge < -0.3 is 37.9 Å². The lowest BCUT2D eigenvalue weighted by atomic mass is 10.1. The predicted octanol–water partition coefficient (Wildman–Crippen LogP) is 0.517. The first-order chi connectivity index (χ1) is 12.3. The maximum atomic E-state index is 5.98. The Labute approximate surface area is 150 Å². The fourth-order valence-corrected chi connectivity index (χ4v) is 2.58. The fraction of sp³-hybridized carbons (Fsp3) is 1.00. The van der Waals surface area contributed by atoms with Crippen LogP contribution in [0.2, 0.25) is 0 Å². The molecule has 1 aliphatic heterocycles. The van der Waals surface area contributed by atoms with Crippen LogP contribution in [0.15, 0.2) is 0 Å². The van der Waals surface area contributed by atoms with Crippen LogP contribution in [-0.2, 0) is 37.9 Å². The van der Waals surface area contributed by atoms with Crippen molar-refractivity contribution < 1.29 is 37.9 Å². The minimum atomic E-state index is -0.271. The van der Waals surface area contributed by atoms with Crippen LogP contribution in [0.4, 0.5) is 0 Å². The van der Waals surface area contributed by atoms with E-state index in [4.69, 9.17) is 37.9 Å². The smallest absolute Gasteiger partial charge is 0.115 e. The zero-order valence-corrected chi connectivity index (χ0v) is 15.9. The van der Waals surface area contributed by atoms with Gasteiger partial charge in [-0.15, -0.1) is 0 Å². The molecule has 0 radical (unpaired) electrons. The molecule has 4 atom stereocenters. The van der Waals surface area contributed by atoms with Crippen LogP contribution >= 0.6 is 0 Å². The van der Waals surface area contributed by atoms with Gasteiger partial charge in [0.25, 0.3) is 0 Å². The molecular formula is C17H34O8. The number of ether oxygens (including phenoxy) is 8. The summed E-state index contributed by atoms with van der Waals surface area (Å²) in [5.74, 6) is 0. The molecule has 4 unspecified atom stereocenters. The molecule has 1 fully saturated rings. The summed E-state index contributed by atoms with van der Waals surface area (Å²) in [4.78, 5) is 0. The highest BCUT2D eigenvalue weighted by Gasteiger charge is 2.44. The Balaban J connectivity index is 2.66. The van der Waals surface area contributed by atoms with Crippen LogP contribution in [0.1, 0.15) is 6.92 Å². The second-order valence-corrected chi connectivity index (χ2v) is 5.59. The highest BCUT2D eigenvalue weighted by molar-refractivity contribution is 4.91. The minimum Gasteiger partial charge on any atom is -0.382 e. The minimum absolute atomic E-state index is 0.174. The summed E-state index contributed by atoms with van der Waals surface area (Å²) in [5.41, 5.74) is 0. The van der Waals surface area contributed by atoms with Crippen molar-refractivity contribution >= 4 is 0 Å². The highest BCUT2D eigenvalue weighted by atomic mass is 16.6. The Bertz CT molecular complexity index is 304. The quantitative estimate of drug-likeness (QED) is 0.366. The molecule has 0 aliphatic carbocycles. The average molecular weight is 366 g/mol. The van der Waals surface area contributed by atoms with Gasteiger partial charge in [0.05, 0.1) is 52.9 Å². The van der Waals surface area contributed by atoms with Gasteiger partial charge in [-0.05, 0) is 6.92 Å². The molecule has 1 saturated heterocycles. The van der Waals surface area contributed by atoms with E-state index in [1.807, 2.05) is 6.92 Å². The number of methoxy groups -OCH3 is 3. The van der Waals surface area contributed by atoms with Crippen molar-refractivity contribution in [2.75, 3.05) is 80.8 Å². The summed E-state index contributed by atoms with van der Waals surface area (Å²) in [7, 11) is 4.93. The molecule has 1 heterocycles. The molecule has 8 nitrogen and oxygen atoms in total. The van der Waals surface area contributed by atoms with Crippen molar-refractivity contribution in [2.45, 2.75) is 31.3 Å². The normalized spacial score (nSPS) is 24.7. The summed E-state index contributed by atoms with van der Waals surface area (Å²) in [6.45, 7) is 6.40. The van der Waals surface area contributed by atoms with Gasteiger partial charge in [-0.3, -0.25) is 0 Å². The molecule has 0 amide bonds. The standard InChI is InChI=1S/C17H34O8/c1-5-21-12-14(22-9-6-18-2)17-16(24-11-8-20-4)15(13-25-17)23-10-7-19-3/h14-17H,5-13H2,1-4H3. The summed E-state index contributed by atoms with van der Waals surface area (Å²) in [6.07, 6.45) is -0.946. The molecule has 150 valence electrons. The largest absolute Gasteiger partial charge is 0.382 e. The van der Waals surface area contributed by atoms with Crippen molar-refractivity contribution in [1.82, 2.24) is 0 Å². The number of hydrogen-bond donors (Lipinski definition) is 0. The van der Waals surface area contributed by atoms with Crippen LogP contribution < -0.4 is 0 Å². The molecule has 0 bridgehead atoms. The van der Waals surface area contributed by atoms with E-state index in [1.54, 1.807) is 21.3 Å². The molecule has 0 N–H and O–H groups in total. The SMILES string of the molecule is CCOCC(OCCOC)C1OCC(OCCOC)C1OCCOC. The van der Waals surface area contributed by atoms with Crippen LogP contribution in [0.5, 0.6) is 0 Å². The van der Waals surface area contributed by atoms with E-state index < -0.39 is 0 Å². The molecule has 0 aromatic carbocycles. The van der Waals surface area contributed by atoms with Gasteiger partial charge in [0.2, 0.25) is 0 Å². The average Bonchev–Trinajstić information content (AvgIpc) is 3.01. The van der Waals surface area contributed by atoms with Gasteiger partial charge in [-0.25, -0.2) is 0 Å². The molecule has 0 aromatic rings. The first-order valence-corrected chi connectivity index (χ1v) is 8.79. The molecule has 1 rings (SSSR count). The zero-order valence-electron chi connectivity index (χ0n) is 15.9. The van der Waals surface area contributed by atoms with E-state index in [-0.39, 0.29) is 24.4 Å². The topological polar surface area (TPSA) is 73.8 Å². The van der Waals surface area contributed by atoms with Crippen LogP contribution in [-0.4, -0.2) is 105 Å². The van der Waals surface area contributed by atoms with E-state index >= 15 is 0 Å². The monoisotopic (exact) mass is 366 g/mol. The van der Waals surface area contributed by atoms with E-state index in [2.05, 4.69) is 0 Å². The molecule has 1 aliphatic rings. The maximum absolute atomic E-state index is 5.98. The maximum Gasteiger partial charge on any atom is 0.115 e. The molecule has 0 saturated carbocycles. The second-order valence-electron chi connectivity index (χ2n) is 5.59. The second kappa shape index (κ2) is 14.8. The first kappa shape index (κ1) is 22.7. The van der Waals surface area contributed by atoms with Gasteiger partial charge in [-0.2, -0.15) is 0 Å². The number of hydrogen-bond acceptors (Lipinski definition) is 8. The van der Waals surface area contributed by atoms with Crippen LogP contribution in [0.3, 0.4) is 0 Å². The van der Waals surface area contributed by atoms with Crippen molar-refractivity contribution in [3.05, 3.63) is 0 Å². The Morgan fingerprint density at radius 2 is 1.52 bits per heavy atom. The lowest BCUT2D eigenvalue weighted by Crippen LogP contribution is -2.45. The molecule has 8 heteroatoms. The van der Waals surface area contributed by atoms with Gasteiger partial charge >= 0.3 is 0 Å². The Kier molecular flexibility index (Phi) is 13.5. The predicted molar refractivity (Wildman–Crippen MR) is 91.1 cm³/mol. The van der Waals surface area contributed by atoms with Gasteiger partial charge in [0.15, 0.2) is 0 Å². The third-order valence-electron chi connectivity index (χ3n) is 3.83. The van der Waals surface area contributed by atoms with E-state index in [0.717, 1.165) is 0 Å². The lowest BCUT2D eigenvalue weighted by molar-refractivity contribution is -0.136. The zero-order chi connectivity index (χ0) is 18.3. The lowest BCUT2D eigenvalue weighted by Gasteiger charge is -2.29. The van der Waals surface area contributed by atoms with Crippen molar-refractivity contribution in [3.8, 4) is 0 Å². The molecule has 25 heavy (non-hydrogen) atoms. The van der Waals surface area contributed by atoms with Crippen molar-refractivity contribution in [3.63, 3.8) is 0 Å². The third kappa shape index (κ3) is 8.74.